The van der Waals surface area contributed by atoms with Gasteiger partial charge in [0.15, 0.2) is 0 Å². The average molecular weight is 487 g/mol. The zero-order chi connectivity index (χ0) is 24.1. The molecule has 0 fully saturated rings. The predicted molar refractivity (Wildman–Crippen MR) is 147 cm³/mol. The summed E-state index contributed by atoms with van der Waals surface area (Å²) in [6.07, 6.45) is 17.0. The quantitative estimate of drug-likeness (QED) is 0.106. The van der Waals surface area contributed by atoms with E-state index < -0.39 is 16.6 Å². The third-order valence-corrected chi connectivity index (χ3v) is 15.7. The number of methoxy groups -OCH3 is 1. The molecule has 0 spiro atoms. The monoisotopic (exact) mass is 486 g/mol. The summed E-state index contributed by atoms with van der Waals surface area (Å²) in [6.45, 7) is 13.8. The van der Waals surface area contributed by atoms with Crippen LogP contribution in [0.15, 0.2) is 12.2 Å². The fourth-order valence-electron chi connectivity index (χ4n) is 4.57. The van der Waals surface area contributed by atoms with E-state index in [9.17, 15) is 0 Å². The molecule has 0 aliphatic carbocycles. The molecule has 0 aliphatic heterocycles. The average Bonchev–Trinajstić information content (AvgIpc) is 2.82. The molecular weight excluding hydrogens is 428 g/mol. The van der Waals surface area contributed by atoms with Crippen LogP contribution in [0.1, 0.15) is 119 Å². The van der Waals surface area contributed by atoms with Crippen LogP contribution < -0.4 is 0 Å². The van der Waals surface area contributed by atoms with Gasteiger partial charge in [0.2, 0.25) is 0 Å². The zero-order valence-electron chi connectivity index (χ0n) is 23.0. The van der Waals surface area contributed by atoms with Gasteiger partial charge in [-0.2, -0.15) is 0 Å². The van der Waals surface area contributed by atoms with Gasteiger partial charge in [-0.3, -0.25) is 0 Å². The van der Waals surface area contributed by atoms with E-state index in [-0.39, 0.29) is 0 Å². The Bertz CT molecular complexity index is 411. The first-order valence-electron chi connectivity index (χ1n) is 14.1. The van der Waals surface area contributed by atoms with Crippen molar-refractivity contribution in [1.82, 2.24) is 0 Å². The molecule has 0 heterocycles. The maximum absolute atomic E-state index is 6.88. The summed E-state index contributed by atoms with van der Waals surface area (Å²) in [5.74, 6) is 0.668. The molecule has 0 unspecified atom stereocenters. The largest absolute Gasteiger partial charge is 0.544 e. The van der Waals surface area contributed by atoms with Gasteiger partial charge in [0, 0.05) is 0 Å². The highest BCUT2D eigenvalue weighted by Crippen LogP contribution is 2.34. The second-order valence-electron chi connectivity index (χ2n) is 9.85. The van der Waals surface area contributed by atoms with Gasteiger partial charge in [-0.15, -0.1) is 0 Å². The van der Waals surface area contributed by atoms with E-state index in [0.29, 0.717) is 5.95 Å². The molecule has 0 aromatic rings. The molecular formula is C27H58O3Si2. The Morgan fingerprint density at radius 2 is 0.844 bits per heavy atom. The summed E-state index contributed by atoms with van der Waals surface area (Å²) >= 11 is 0. The molecule has 32 heavy (non-hydrogen) atoms. The number of rotatable bonds is 23. The van der Waals surface area contributed by atoms with Gasteiger partial charge >= 0.3 is 0 Å². The Balaban J connectivity index is 5.73. The molecule has 0 aromatic carbocycles. The Hall–Kier alpha value is -0.426. The number of hydrogen-bond acceptors (Lipinski definition) is 3. The second-order valence-corrected chi connectivity index (χ2v) is 18.0. The Morgan fingerprint density at radius 3 is 1.12 bits per heavy atom. The van der Waals surface area contributed by atoms with Gasteiger partial charge in [0.05, 0.1) is 7.11 Å². The normalized spacial score (nSPS) is 12.8. The lowest BCUT2D eigenvalue weighted by Crippen LogP contribution is -2.39. The number of hydrogen-bond donors (Lipinski definition) is 0. The van der Waals surface area contributed by atoms with E-state index in [1.165, 1.54) is 113 Å². The highest BCUT2D eigenvalue weighted by atomic mass is 28.4. The fourth-order valence-corrected chi connectivity index (χ4v) is 13.6. The van der Waals surface area contributed by atoms with Crippen molar-refractivity contribution < 1.29 is 13.6 Å². The first-order valence-corrected chi connectivity index (χ1v) is 19.2. The topological polar surface area (TPSA) is 27.7 Å². The molecule has 3 nitrogen and oxygen atoms in total. The van der Waals surface area contributed by atoms with Crippen LogP contribution in [0, 0.1) is 0 Å². The van der Waals surface area contributed by atoms with Crippen molar-refractivity contribution in [2.75, 3.05) is 7.11 Å². The molecule has 0 N–H and O–H groups in total. The Morgan fingerprint density at radius 1 is 0.531 bits per heavy atom. The molecule has 0 amide bonds. The van der Waals surface area contributed by atoms with Crippen LogP contribution in [-0.4, -0.2) is 23.7 Å². The molecule has 0 saturated heterocycles. The Labute approximate surface area is 204 Å². The van der Waals surface area contributed by atoms with Gasteiger partial charge in [-0.25, -0.2) is 0 Å². The minimum atomic E-state index is -1.87. The maximum atomic E-state index is 6.88. The van der Waals surface area contributed by atoms with Crippen LogP contribution in [0.2, 0.25) is 36.3 Å². The first kappa shape index (κ1) is 31.6. The summed E-state index contributed by atoms with van der Waals surface area (Å²) in [7, 11) is -1.92. The molecule has 0 radical (unpaired) electrons. The van der Waals surface area contributed by atoms with Gasteiger partial charge in [0.1, 0.15) is 6.26 Å². The van der Waals surface area contributed by atoms with Crippen molar-refractivity contribution in [3.8, 4) is 0 Å². The van der Waals surface area contributed by atoms with E-state index in [4.69, 9.17) is 13.6 Å². The van der Waals surface area contributed by atoms with Crippen LogP contribution >= 0.6 is 0 Å². The lowest BCUT2D eigenvalue weighted by Gasteiger charge is -2.34. The molecule has 0 saturated carbocycles. The van der Waals surface area contributed by atoms with Crippen molar-refractivity contribution in [2.24, 2.45) is 0 Å². The third-order valence-electron chi connectivity index (χ3n) is 6.84. The minimum absolute atomic E-state index is 0.668. The summed E-state index contributed by atoms with van der Waals surface area (Å²) in [5, 5.41) is 0. The fraction of sp³-hybridized carbons (Fsp3) is 0.926. The van der Waals surface area contributed by atoms with Gasteiger partial charge in [-0.05, 0) is 36.3 Å². The molecule has 0 atom stereocenters. The van der Waals surface area contributed by atoms with E-state index in [2.05, 4.69) is 41.5 Å². The van der Waals surface area contributed by atoms with E-state index in [1.54, 1.807) is 7.11 Å². The van der Waals surface area contributed by atoms with Crippen LogP contribution in [0.25, 0.3) is 0 Å². The molecule has 0 bridgehead atoms. The molecule has 5 heteroatoms. The van der Waals surface area contributed by atoms with Gasteiger partial charge in [-0.1, -0.05) is 119 Å². The third kappa shape index (κ3) is 13.3. The van der Waals surface area contributed by atoms with E-state index in [0.717, 1.165) is 0 Å². The molecule has 192 valence electrons. The zero-order valence-corrected chi connectivity index (χ0v) is 25.0. The highest BCUT2D eigenvalue weighted by Gasteiger charge is 2.38. The van der Waals surface area contributed by atoms with Crippen molar-refractivity contribution in [1.29, 1.82) is 0 Å². The van der Waals surface area contributed by atoms with Gasteiger partial charge < -0.3 is 13.6 Å². The smallest absolute Gasteiger partial charge is 0.299 e. The standard InChI is InChI=1S/C27H58O3Si2/c1-8-14-20-31(21-15-9-2,22-16-10-3)29-26-27(28-7)30-32(23-17-11-4,24-18-12-5)25-19-13-6/h26H,8-25H2,1-7H3/b27-26+. The van der Waals surface area contributed by atoms with Crippen LogP contribution in [0.3, 0.4) is 0 Å². The highest BCUT2D eigenvalue weighted by molar-refractivity contribution is 6.74. The van der Waals surface area contributed by atoms with Crippen LogP contribution in [-0.2, 0) is 13.6 Å². The summed E-state index contributed by atoms with van der Waals surface area (Å²) in [6, 6.07) is 7.53. The predicted octanol–water partition coefficient (Wildman–Crippen LogP) is 10.2. The molecule has 0 aromatic heterocycles. The van der Waals surface area contributed by atoms with Crippen LogP contribution in [0.4, 0.5) is 0 Å². The van der Waals surface area contributed by atoms with Crippen LogP contribution in [0.5, 0.6) is 0 Å². The maximum Gasteiger partial charge on any atom is 0.299 e. The number of unbranched alkanes of at least 4 members (excludes halogenated alkanes) is 6. The SMILES string of the molecule is CCCC[Si](CCCC)(CCCC)O/C=C(\OC)O[Si](CCCC)(CCCC)CCCC. The summed E-state index contributed by atoms with van der Waals surface area (Å²) in [5.41, 5.74) is 0. The Kier molecular flexibility index (Phi) is 19.7. The summed E-state index contributed by atoms with van der Waals surface area (Å²) in [4.78, 5) is 0. The number of ether oxygens (including phenoxy) is 1. The first-order chi connectivity index (χ1) is 15.5. The van der Waals surface area contributed by atoms with Crippen molar-refractivity contribution in [3.05, 3.63) is 12.2 Å². The van der Waals surface area contributed by atoms with Crippen molar-refractivity contribution in [3.63, 3.8) is 0 Å². The minimum Gasteiger partial charge on any atom is -0.544 e. The molecule has 0 aliphatic rings. The lowest BCUT2D eigenvalue weighted by molar-refractivity contribution is 0.129. The lowest BCUT2D eigenvalue weighted by atomic mass is 10.4. The molecule has 0 rings (SSSR count). The van der Waals surface area contributed by atoms with E-state index >= 15 is 0 Å². The summed E-state index contributed by atoms with van der Waals surface area (Å²) < 4.78 is 19.5. The van der Waals surface area contributed by atoms with E-state index in [1.807, 2.05) is 6.26 Å². The second kappa shape index (κ2) is 20.0. The van der Waals surface area contributed by atoms with Crippen molar-refractivity contribution >= 4 is 16.6 Å². The van der Waals surface area contributed by atoms with Gasteiger partial charge in [0.25, 0.3) is 22.6 Å². The van der Waals surface area contributed by atoms with Crippen molar-refractivity contribution in [2.45, 2.75) is 155 Å².